The zero-order valence-corrected chi connectivity index (χ0v) is 11.2. The van der Waals surface area contributed by atoms with E-state index >= 15 is 0 Å². The average Bonchev–Trinajstić information content (AvgIpc) is 2.24. The first-order valence-corrected chi connectivity index (χ1v) is 7.18. The van der Waals surface area contributed by atoms with E-state index in [1.165, 1.54) is 64.2 Å². The van der Waals surface area contributed by atoms with E-state index in [1.807, 2.05) is 0 Å². The van der Waals surface area contributed by atoms with E-state index in [2.05, 4.69) is 27.2 Å². The van der Waals surface area contributed by atoms with Crippen molar-refractivity contribution in [3.8, 4) is 0 Å². The lowest BCUT2D eigenvalue weighted by atomic mass is 9.91. The molecule has 0 saturated carbocycles. The topological polar surface area (TPSA) is 0 Å². The summed E-state index contributed by atoms with van der Waals surface area (Å²) in [5.74, 6) is 0.915. The zero-order chi connectivity index (χ0) is 11.4. The predicted octanol–water partition coefficient (Wildman–Crippen LogP) is 5.77. The molecule has 91 valence electrons. The van der Waals surface area contributed by atoms with Crippen LogP contribution in [-0.2, 0) is 0 Å². The van der Waals surface area contributed by atoms with Gasteiger partial charge in [-0.3, -0.25) is 0 Å². The van der Waals surface area contributed by atoms with Crippen LogP contribution in [0.3, 0.4) is 0 Å². The molecule has 0 heteroatoms. The maximum absolute atomic E-state index is 2.60. The van der Waals surface area contributed by atoms with Crippen molar-refractivity contribution in [1.29, 1.82) is 0 Å². The largest absolute Gasteiger partial charge is 0.0654 e. The Bertz CT molecular complexity index is 107. The lowest BCUT2D eigenvalue weighted by Crippen LogP contribution is -2.01. The maximum Gasteiger partial charge on any atom is -0.0355 e. The summed E-state index contributed by atoms with van der Waals surface area (Å²) >= 11 is 0. The third-order valence-corrected chi connectivity index (χ3v) is 3.15. The van der Waals surface area contributed by atoms with Gasteiger partial charge in [-0.1, -0.05) is 78.6 Å². The minimum atomic E-state index is 0.915. The summed E-state index contributed by atoms with van der Waals surface area (Å²) in [6.45, 7) is 6.88. The molecule has 0 nitrogen and oxygen atoms in total. The highest BCUT2D eigenvalue weighted by atomic mass is 14.1. The van der Waals surface area contributed by atoms with Crippen molar-refractivity contribution in [2.45, 2.75) is 85.0 Å². The van der Waals surface area contributed by atoms with Crippen LogP contribution in [0.15, 0.2) is 0 Å². The average molecular weight is 211 g/mol. The summed E-state index contributed by atoms with van der Waals surface area (Å²) in [6.07, 6.45) is 16.5. The Morgan fingerprint density at radius 2 is 1.47 bits per heavy atom. The highest BCUT2D eigenvalue weighted by molar-refractivity contribution is 4.75. The Kier molecular flexibility index (Phi) is 12.1. The molecule has 0 fully saturated rings. The first-order valence-electron chi connectivity index (χ1n) is 7.18. The Morgan fingerprint density at radius 3 is 2.07 bits per heavy atom. The predicted molar refractivity (Wildman–Crippen MR) is 71.0 cm³/mol. The molecule has 0 heterocycles. The summed E-state index contributed by atoms with van der Waals surface area (Å²) in [4.78, 5) is 0. The van der Waals surface area contributed by atoms with Gasteiger partial charge in [0.2, 0.25) is 0 Å². The molecule has 0 rings (SSSR count). The fourth-order valence-electron chi connectivity index (χ4n) is 2.14. The minimum Gasteiger partial charge on any atom is -0.0654 e. The molecule has 1 atom stereocenters. The van der Waals surface area contributed by atoms with Crippen molar-refractivity contribution in [1.82, 2.24) is 0 Å². The summed E-state index contributed by atoms with van der Waals surface area (Å²) in [6, 6.07) is 0. The van der Waals surface area contributed by atoms with Crippen LogP contribution in [0, 0.1) is 12.3 Å². The Morgan fingerprint density at radius 1 is 0.733 bits per heavy atom. The molecular formula is C15H31. The van der Waals surface area contributed by atoms with Crippen LogP contribution in [0.25, 0.3) is 0 Å². The van der Waals surface area contributed by atoms with E-state index < -0.39 is 0 Å². The van der Waals surface area contributed by atoms with Gasteiger partial charge in [-0.05, 0) is 18.8 Å². The van der Waals surface area contributed by atoms with Crippen LogP contribution >= 0.6 is 0 Å². The van der Waals surface area contributed by atoms with Crippen molar-refractivity contribution in [2.24, 2.45) is 5.92 Å². The lowest BCUT2D eigenvalue weighted by molar-refractivity contribution is 0.455. The second-order valence-corrected chi connectivity index (χ2v) is 4.78. The Labute approximate surface area is 97.8 Å². The van der Waals surface area contributed by atoms with Gasteiger partial charge < -0.3 is 0 Å². The van der Waals surface area contributed by atoms with Crippen molar-refractivity contribution < 1.29 is 0 Å². The van der Waals surface area contributed by atoms with E-state index in [-0.39, 0.29) is 0 Å². The Hall–Kier alpha value is 0. The standard InChI is InChI=1S/C15H31/c1-4-7-9-11-14-15(12-6-3)13-10-8-5-2/h13,15H,4-12,14H2,1-3H3. The molecule has 0 bridgehead atoms. The molecule has 0 spiro atoms. The SMILES string of the molecule is CCCC[CH]C(CCC)CCCCCC. The van der Waals surface area contributed by atoms with Gasteiger partial charge >= 0.3 is 0 Å². The number of rotatable bonds is 11. The van der Waals surface area contributed by atoms with Crippen LogP contribution in [0.5, 0.6) is 0 Å². The molecule has 0 saturated heterocycles. The van der Waals surface area contributed by atoms with Gasteiger partial charge in [0.05, 0.1) is 0 Å². The molecule has 1 unspecified atom stereocenters. The smallest absolute Gasteiger partial charge is 0.0355 e. The lowest BCUT2D eigenvalue weighted by Gasteiger charge is -2.15. The molecule has 0 aromatic carbocycles. The number of unbranched alkanes of at least 4 members (excludes halogenated alkanes) is 5. The van der Waals surface area contributed by atoms with Crippen LogP contribution in [-0.4, -0.2) is 0 Å². The van der Waals surface area contributed by atoms with Crippen molar-refractivity contribution in [3.05, 3.63) is 6.42 Å². The third kappa shape index (κ3) is 10.3. The molecule has 1 radical (unpaired) electrons. The van der Waals surface area contributed by atoms with Gasteiger partial charge in [0.15, 0.2) is 0 Å². The van der Waals surface area contributed by atoms with E-state index in [0.717, 1.165) is 5.92 Å². The highest BCUT2D eigenvalue weighted by Crippen LogP contribution is 2.21. The molecule has 0 aliphatic rings. The fraction of sp³-hybridized carbons (Fsp3) is 0.933. The van der Waals surface area contributed by atoms with Crippen LogP contribution in [0.2, 0.25) is 0 Å². The van der Waals surface area contributed by atoms with Gasteiger partial charge in [0.25, 0.3) is 0 Å². The fourth-order valence-corrected chi connectivity index (χ4v) is 2.14. The number of hydrogen-bond acceptors (Lipinski definition) is 0. The summed E-state index contributed by atoms with van der Waals surface area (Å²) in [5.41, 5.74) is 0. The van der Waals surface area contributed by atoms with Gasteiger partial charge in [-0.15, -0.1) is 0 Å². The van der Waals surface area contributed by atoms with Crippen LogP contribution in [0.1, 0.15) is 85.0 Å². The monoisotopic (exact) mass is 211 g/mol. The maximum atomic E-state index is 2.60. The zero-order valence-electron chi connectivity index (χ0n) is 11.2. The normalized spacial score (nSPS) is 13.0. The van der Waals surface area contributed by atoms with Crippen LogP contribution in [0.4, 0.5) is 0 Å². The first kappa shape index (κ1) is 15.0. The molecule has 15 heavy (non-hydrogen) atoms. The molecule has 0 aliphatic heterocycles. The molecule has 0 aliphatic carbocycles. The molecule has 0 amide bonds. The molecule has 0 N–H and O–H groups in total. The minimum absolute atomic E-state index is 0.915. The van der Waals surface area contributed by atoms with E-state index in [1.54, 1.807) is 0 Å². The van der Waals surface area contributed by atoms with E-state index in [4.69, 9.17) is 0 Å². The second-order valence-electron chi connectivity index (χ2n) is 4.78. The summed E-state index contributed by atoms with van der Waals surface area (Å²) in [5, 5.41) is 0. The quantitative estimate of drug-likeness (QED) is 0.381. The highest BCUT2D eigenvalue weighted by Gasteiger charge is 2.06. The summed E-state index contributed by atoms with van der Waals surface area (Å²) < 4.78 is 0. The van der Waals surface area contributed by atoms with Crippen molar-refractivity contribution in [2.75, 3.05) is 0 Å². The van der Waals surface area contributed by atoms with Crippen molar-refractivity contribution >= 4 is 0 Å². The molecule has 0 aromatic heterocycles. The number of hydrogen-bond donors (Lipinski definition) is 0. The molecule has 0 aromatic rings. The second kappa shape index (κ2) is 12.1. The van der Waals surface area contributed by atoms with Gasteiger partial charge in [-0.2, -0.15) is 0 Å². The third-order valence-electron chi connectivity index (χ3n) is 3.15. The molecular weight excluding hydrogens is 180 g/mol. The van der Waals surface area contributed by atoms with E-state index in [9.17, 15) is 0 Å². The summed E-state index contributed by atoms with van der Waals surface area (Å²) in [7, 11) is 0. The van der Waals surface area contributed by atoms with E-state index in [0.29, 0.717) is 0 Å². The van der Waals surface area contributed by atoms with Gasteiger partial charge in [0.1, 0.15) is 0 Å². The van der Waals surface area contributed by atoms with Crippen LogP contribution < -0.4 is 0 Å². The van der Waals surface area contributed by atoms with Gasteiger partial charge in [-0.25, -0.2) is 0 Å². The van der Waals surface area contributed by atoms with Gasteiger partial charge in [0, 0.05) is 0 Å². The Balaban J connectivity index is 3.44. The first-order chi connectivity index (χ1) is 7.35. The van der Waals surface area contributed by atoms with Crippen molar-refractivity contribution in [3.63, 3.8) is 0 Å².